The Kier molecular flexibility index (Phi) is 4.58. The van der Waals surface area contributed by atoms with Crippen LogP contribution in [0.2, 0.25) is 5.02 Å². The van der Waals surface area contributed by atoms with Gasteiger partial charge < -0.3 is 10.5 Å². The number of nitrogens with two attached hydrogens (primary N) is 1. The van der Waals surface area contributed by atoms with E-state index in [4.69, 9.17) is 22.1 Å². The number of rotatable bonds is 4. The molecular formula is C10H14ClNOS. The van der Waals surface area contributed by atoms with E-state index in [9.17, 15) is 0 Å². The second-order valence-corrected chi connectivity index (χ2v) is 4.88. The van der Waals surface area contributed by atoms with Gasteiger partial charge in [-0.15, -0.1) is 11.8 Å². The van der Waals surface area contributed by atoms with E-state index in [2.05, 4.69) is 6.92 Å². The Morgan fingerprint density at radius 1 is 1.57 bits per heavy atom. The largest absolute Gasteiger partial charge is 0.495 e. The average Bonchev–Trinajstić information content (AvgIpc) is 2.18. The fourth-order valence-corrected chi connectivity index (χ4v) is 2.22. The lowest BCUT2D eigenvalue weighted by Crippen LogP contribution is -2.12. The normalized spacial score (nSPS) is 12.6. The third-order valence-corrected chi connectivity index (χ3v) is 3.21. The van der Waals surface area contributed by atoms with E-state index in [0.29, 0.717) is 22.6 Å². The molecule has 1 unspecified atom stereocenters. The molecule has 0 saturated heterocycles. The first-order valence-corrected chi connectivity index (χ1v) is 5.63. The Labute approximate surface area is 93.8 Å². The first-order valence-electron chi connectivity index (χ1n) is 4.37. The molecule has 1 rings (SSSR count). The summed E-state index contributed by atoms with van der Waals surface area (Å²) >= 11 is 7.70. The van der Waals surface area contributed by atoms with Crippen molar-refractivity contribution in [3.63, 3.8) is 0 Å². The topological polar surface area (TPSA) is 35.2 Å². The van der Waals surface area contributed by atoms with Crippen molar-refractivity contribution in [2.24, 2.45) is 5.73 Å². The van der Waals surface area contributed by atoms with Gasteiger partial charge in [0.25, 0.3) is 0 Å². The molecule has 1 aromatic rings. The van der Waals surface area contributed by atoms with Gasteiger partial charge in [-0.1, -0.05) is 18.5 Å². The van der Waals surface area contributed by atoms with Crippen molar-refractivity contribution in [2.75, 3.05) is 13.7 Å². The van der Waals surface area contributed by atoms with Crippen molar-refractivity contribution in [3.05, 3.63) is 23.2 Å². The molecule has 2 nitrogen and oxygen atoms in total. The number of benzene rings is 1. The van der Waals surface area contributed by atoms with E-state index in [1.54, 1.807) is 18.9 Å². The molecule has 0 amide bonds. The summed E-state index contributed by atoms with van der Waals surface area (Å²) in [6.07, 6.45) is 0. The summed E-state index contributed by atoms with van der Waals surface area (Å²) < 4.78 is 5.07. The van der Waals surface area contributed by atoms with Crippen molar-refractivity contribution < 1.29 is 4.74 Å². The maximum absolute atomic E-state index is 5.99. The maximum atomic E-state index is 5.99. The molecule has 0 aliphatic rings. The highest BCUT2D eigenvalue weighted by molar-refractivity contribution is 8.00. The van der Waals surface area contributed by atoms with Crippen molar-refractivity contribution in [1.29, 1.82) is 0 Å². The minimum atomic E-state index is 0.402. The lowest BCUT2D eigenvalue weighted by Gasteiger charge is -2.09. The number of hydrogen-bond donors (Lipinski definition) is 1. The van der Waals surface area contributed by atoms with Gasteiger partial charge >= 0.3 is 0 Å². The number of thioether (sulfide) groups is 1. The summed E-state index contributed by atoms with van der Waals surface area (Å²) in [6.45, 7) is 2.75. The Morgan fingerprint density at radius 2 is 2.29 bits per heavy atom. The van der Waals surface area contributed by atoms with Gasteiger partial charge in [0, 0.05) is 16.7 Å². The molecule has 0 aliphatic carbocycles. The van der Waals surface area contributed by atoms with E-state index in [1.807, 2.05) is 18.2 Å². The molecular weight excluding hydrogens is 218 g/mol. The quantitative estimate of drug-likeness (QED) is 0.810. The molecule has 0 aromatic heterocycles. The molecule has 0 heterocycles. The van der Waals surface area contributed by atoms with E-state index >= 15 is 0 Å². The molecule has 1 aromatic carbocycles. The summed E-state index contributed by atoms with van der Waals surface area (Å²) in [5, 5.41) is 1.04. The summed E-state index contributed by atoms with van der Waals surface area (Å²) in [5.74, 6) is 0.705. The van der Waals surface area contributed by atoms with Crippen LogP contribution in [-0.2, 0) is 0 Å². The van der Waals surface area contributed by atoms with E-state index in [1.165, 1.54) is 0 Å². The lowest BCUT2D eigenvalue weighted by molar-refractivity contribution is 0.414. The van der Waals surface area contributed by atoms with Gasteiger partial charge in [-0.3, -0.25) is 0 Å². The zero-order chi connectivity index (χ0) is 10.6. The van der Waals surface area contributed by atoms with Gasteiger partial charge in [0.2, 0.25) is 0 Å². The molecule has 0 radical (unpaired) electrons. The average molecular weight is 232 g/mol. The highest BCUT2D eigenvalue weighted by Gasteiger charge is 2.05. The van der Waals surface area contributed by atoms with Gasteiger partial charge in [0.05, 0.1) is 12.1 Å². The molecule has 0 spiro atoms. The zero-order valence-electron chi connectivity index (χ0n) is 8.29. The van der Waals surface area contributed by atoms with Crippen LogP contribution >= 0.6 is 23.4 Å². The predicted molar refractivity (Wildman–Crippen MR) is 62.4 cm³/mol. The van der Waals surface area contributed by atoms with Crippen LogP contribution in [0.15, 0.2) is 23.1 Å². The fraction of sp³-hybridized carbons (Fsp3) is 0.400. The molecule has 0 saturated carbocycles. The Balaban J connectivity index is 2.76. The number of ether oxygens (including phenoxy) is 1. The molecule has 0 aliphatic heterocycles. The van der Waals surface area contributed by atoms with Crippen LogP contribution in [-0.4, -0.2) is 18.9 Å². The van der Waals surface area contributed by atoms with Gasteiger partial charge in [-0.05, 0) is 18.2 Å². The van der Waals surface area contributed by atoms with E-state index in [0.717, 1.165) is 4.90 Å². The number of halogens is 1. The second kappa shape index (κ2) is 5.49. The molecule has 14 heavy (non-hydrogen) atoms. The minimum Gasteiger partial charge on any atom is -0.495 e. The second-order valence-electron chi connectivity index (χ2n) is 2.96. The SMILES string of the molecule is COc1ccc(SC(C)CN)cc1Cl. The predicted octanol–water partition coefficient (Wildman–Crippen LogP) is 2.79. The zero-order valence-corrected chi connectivity index (χ0v) is 9.86. The van der Waals surface area contributed by atoms with Crippen LogP contribution in [0.25, 0.3) is 0 Å². The molecule has 78 valence electrons. The van der Waals surface area contributed by atoms with Crippen LogP contribution in [0.5, 0.6) is 5.75 Å². The molecule has 0 bridgehead atoms. The Hall–Kier alpha value is -0.380. The third-order valence-electron chi connectivity index (χ3n) is 1.79. The Bertz CT molecular complexity index is 306. The van der Waals surface area contributed by atoms with Crippen LogP contribution < -0.4 is 10.5 Å². The number of hydrogen-bond acceptors (Lipinski definition) is 3. The molecule has 0 fully saturated rings. The highest BCUT2D eigenvalue weighted by atomic mass is 35.5. The lowest BCUT2D eigenvalue weighted by atomic mass is 10.3. The maximum Gasteiger partial charge on any atom is 0.137 e. The Morgan fingerprint density at radius 3 is 2.79 bits per heavy atom. The summed E-state index contributed by atoms with van der Waals surface area (Å²) in [7, 11) is 1.61. The smallest absolute Gasteiger partial charge is 0.137 e. The van der Waals surface area contributed by atoms with E-state index < -0.39 is 0 Å². The van der Waals surface area contributed by atoms with E-state index in [-0.39, 0.29) is 0 Å². The molecule has 4 heteroatoms. The van der Waals surface area contributed by atoms with Gasteiger partial charge in [0.15, 0.2) is 0 Å². The van der Waals surface area contributed by atoms with Crippen LogP contribution in [0.3, 0.4) is 0 Å². The van der Waals surface area contributed by atoms with Crippen LogP contribution in [0, 0.1) is 0 Å². The third kappa shape index (κ3) is 3.08. The fourth-order valence-electron chi connectivity index (χ4n) is 1.00. The summed E-state index contributed by atoms with van der Waals surface area (Å²) in [6, 6.07) is 5.76. The van der Waals surface area contributed by atoms with Crippen molar-refractivity contribution >= 4 is 23.4 Å². The highest BCUT2D eigenvalue weighted by Crippen LogP contribution is 2.31. The standard InChI is InChI=1S/C10H14ClNOS/c1-7(6-12)14-8-3-4-10(13-2)9(11)5-8/h3-5,7H,6,12H2,1-2H3. The van der Waals surface area contributed by atoms with Gasteiger partial charge in [-0.25, -0.2) is 0 Å². The van der Waals surface area contributed by atoms with Crippen molar-refractivity contribution in [2.45, 2.75) is 17.1 Å². The van der Waals surface area contributed by atoms with Crippen molar-refractivity contribution in [1.82, 2.24) is 0 Å². The number of methoxy groups -OCH3 is 1. The first kappa shape index (κ1) is 11.7. The first-order chi connectivity index (χ1) is 6.67. The van der Waals surface area contributed by atoms with Crippen molar-refractivity contribution in [3.8, 4) is 5.75 Å². The van der Waals surface area contributed by atoms with Crippen LogP contribution in [0.1, 0.15) is 6.92 Å². The summed E-state index contributed by atoms with van der Waals surface area (Å²) in [5.41, 5.74) is 5.54. The molecule has 2 N–H and O–H groups in total. The van der Waals surface area contributed by atoms with Gasteiger partial charge in [-0.2, -0.15) is 0 Å². The van der Waals surface area contributed by atoms with Crippen LogP contribution in [0.4, 0.5) is 0 Å². The molecule has 1 atom stereocenters. The summed E-state index contributed by atoms with van der Waals surface area (Å²) in [4.78, 5) is 1.12. The monoisotopic (exact) mass is 231 g/mol. The van der Waals surface area contributed by atoms with Gasteiger partial charge in [0.1, 0.15) is 5.75 Å². The minimum absolute atomic E-state index is 0.402.